The van der Waals surface area contributed by atoms with E-state index < -0.39 is 0 Å². The van der Waals surface area contributed by atoms with Crippen LogP contribution in [-0.2, 0) is 4.79 Å². The van der Waals surface area contributed by atoms with E-state index in [1.54, 1.807) is 28.4 Å². The summed E-state index contributed by atoms with van der Waals surface area (Å²) in [6.07, 6.45) is 2.84. The normalized spacial score (nSPS) is 18.1. The lowest BCUT2D eigenvalue weighted by atomic mass is 10.3. The van der Waals surface area contributed by atoms with Gasteiger partial charge in [-0.3, -0.25) is 9.69 Å². The molecule has 6 heteroatoms. The summed E-state index contributed by atoms with van der Waals surface area (Å²) < 4.78 is 0. The summed E-state index contributed by atoms with van der Waals surface area (Å²) in [4.78, 5) is 22.1. The van der Waals surface area contributed by atoms with Gasteiger partial charge in [-0.1, -0.05) is 18.5 Å². The van der Waals surface area contributed by atoms with Crippen molar-refractivity contribution in [3.05, 3.63) is 56.1 Å². The Morgan fingerprint density at radius 3 is 2.58 bits per heavy atom. The maximum absolute atomic E-state index is 12.7. The van der Waals surface area contributed by atoms with E-state index in [9.17, 15) is 4.79 Å². The number of rotatable bonds is 4. The van der Waals surface area contributed by atoms with Gasteiger partial charge in [0.15, 0.2) is 5.17 Å². The number of amidine groups is 1. The number of thiophene rings is 1. The van der Waals surface area contributed by atoms with Gasteiger partial charge in [-0.15, -0.1) is 11.3 Å². The van der Waals surface area contributed by atoms with Crippen molar-refractivity contribution in [3.8, 4) is 0 Å². The molecule has 3 nitrogen and oxygen atoms in total. The maximum atomic E-state index is 12.7. The highest BCUT2D eigenvalue weighted by atomic mass is 35.5. The fourth-order valence-corrected chi connectivity index (χ4v) is 4.34. The summed E-state index contributed by atoms with van der Waals surface area (Å²) in [5, 5.41) is 1.40. The minimum absolute atomic E-state index is 0.0283. The molecule has 1 aliphatic heterocycles. The highest BCUT2D eigenvalue weighted by Gasteiger charge is 2.32. The van der Waals surface area contributed by atoms with Crippen molar-refractivity contribution in [2.45, 2.75) is 20.3 Å². The number of aliphatic imine (C=N–C) groups is 1. The molecule has 0 radical (unpaired) electrons. The number of benzene rings is 1. The number of halogens is 1. The van der Waals surface area contributed by atoms with E-state index >= 15 is 0 Å². The number of carbonyl (C=O) groups is 1. The summed E-state index contributed by atoms with van der Waals surface area (Å²) >= 11 is 9.03. The van der Waals surface area contributed by atoms with Crippen molar-refractivity contribution in [3.63, 3.8) is 0 Å². The van der Waals surface area contributed by atoms with E-state index in [2.05, 4.69) is 24.9 Å². The van der Waals surface area contributed by atoms with E-state index in [0.29, 0.717) is 11.6 Å². The van der Waals surface area contributed by atoms with Crippen LogP contribution in [0.5, 0.6) is 0 Å². The quantitative estimate of drug-likeness (QED) is 0.639. The molecule has 3 rings (SSSR count). The summed E-state index contributed by atoms with van der Waals surface area (Å²) in [6.45, 7) is 4.79. The summed E-state index contributed by atoms with van der Waals surface area (Å²) in [7, 11) is 0. The molecule has 0 aliphatic carbocycles. The molecule has 0 saturated carbocycles. The average Bonchev–Trinajstić information content (AvgIpc) is 3.09. The second kappa shape index (κ2) is 7.55. The van der Waals surface area contributed by atoms with Crippen molar-refractivity contribution < 1.29 is 4.79 Å². The Balaban J connectivity index is 1.92. The zero-order valence-corrected chi connectivity index (χ0v) is 15.8. The first kappa shape index (κ1) is 17.3. The fourth-order valence-electron chi connectivity index (χ4n) is 2.30. The van der Waals surface area contributed by atoms with E-state index in [0.717, 1.165) is 27.1 Å². The van der Waals surface area contributed by atoms with Crippen LogP contribution in [0.1, 0.15) is 23.1 Å². The van der Waals surface area contributed by atoms with Crippen molar-refractivity contribution in [2.75, 3.05) is 6.54 Å². The van der Waals surface area contributed by atoms with Crippen LogP contribution < -0.4 is 0 Å². The lowest BCUT2D eigenvalue weighted by Crippen LogP contribution is -2.29. The van der Waals surface area contributed by atoms with Crippen LogP contribution >= 0.6 is 34.7 Å². The SMILES string of the molecule is CCCN1C(=O)/C(=C/c2ccc(C)s2)SC1=Nc1ccc(Cl)cc1. The van der Waals surface area contributed by atoms with Crippen LogP contribution in [0.3, 0.4) is 0 Å². The molecule has 1 saturated heterocycles. The first-order chi connectivity index (χ1) is 11.6. The number of nitrogens with zero attached hydrogens (tertiary/aromatic N) is 2. The molecule has 0 bridgehead atoms. The molecule has 1 amide bonds. The molecule has 124 valence electrons. The van der Waals surface area contributed by atoms with Crippen molar-refractivity contribution in [2.24, 2.45) is 4.99 Å². The summed E-state index contributed by atoms with van der Waals surface area (Å²) in [5.74, 6) is 0.0283. The number of carbonyl (C=O) groups excluding carboxylic acids is 1. The second-order valence-electron chi connectivity index (χ2n) is 5.39. The predicted octanol–water partition coefficient (Wildman–Crippen LogP) is 5.72. The summed E-state index contributed by atoms with van der Waals surface area (Å²) in [5.41, 5.74) is 0.795. The Morgan fingerprint density at radius 1 is 1.21 bits per heavy atom. The molecule has 0 spiro atoms. The molecule has 24 heavy (non-hydrogen) atoms. The molecule has 1 aromatic heterocycles. The third-order valence-electron chi connectivity index (χ3n) is 3.42. The van der Waals surface area contributed by atoms with Gasteiger partial charge in [0.2, 0.25) is 0 Å². The predicted molar refractivity (Wildman–Crippen MR) is 105 cm³/mol. The summed E-state index contributed by atoms with van der Waals surface area (Å²) in [6, 6.07) is 11.4. The van der Waals surface area contributed by atoms with Gasteiger partial charge < -0.3 is 0 Å². The molecule has 1 aromatic carbocycles. The third kappa shape index (κ3) is 3.91. The smallest absolute Gasteiger partial charge is 0.266 e. The van der Waals surface area contributed by atoms with E-state index in [1.165, 1.54) is 16.6 Å². The number of aryl methyl sites for hydroxylation is 1. The first-order valence-electron chi connectivity index (χ1n) is 7.69. The van der Waals surface area contributed by atoms with Crippen LogP contribution in [0.4, 0.5) is 5.69 Å². The Kier molecular flexibility index (Phi) is 5.43. The lowest BCUT2D eigenvalue weighted by Gasteiger charge is -2.13. The van der Waals surface area contributed by atoms with Crippen LogP contribution in [0.15, 0.2) is 46.3 Å². The minimum Gasteiger partial charge on any atom is -0.286 e. The molecule has 0 atom stereocenters. The Bertz CT molecular complexity index is 809. The first-order valence-corrected chi connectivity index (χ1v) is 9.70. The maximum Gasteiger partial charge on any atom is 0.266 e. The number of hydrogen-bond donors (Lipinski definition) is 0. The van der Waals surface area contributed by atoms with Crippen LogP contribution in [0.2, 0.25) is 5.02 Å². The monoisotopic (exact) mass is 376 g/mol. The van der Waals surface area contributed by atoms with Gasteiger partial charge in [0.1, 0.15) is 0 Å². The average molecular weight is 377 g/mol. The van der Waals surface area contributed by atoms with Crippen molar-refractivity contribution in [1.82, 2.24) is 4.90 Å². The van der Waals surface area contributed by atoms with E-state index in [-0.39, 0.29) is 5.91 Å². The van der Waals surface area contributed by atoms with Gasteiger partial charge in [-0.25, -0.2) is 4.99 Å². The van der Waals surface area contributed by atoms with Crippen molar-refractivity contribution >= 4 is 57.5 Å². The van der Waals surface area contributed by atoms with Crippen LogP contribution in [0, 0.1) is 6.92 Å². The number of amides is 1. The number of hydrogen-bond acceptors (Lipinski definition) is 4. The highest BCUT2D eigenvalue weighted by molar-refractivity contribution is 8.18. The molecule has 1 fully saturated rings. The number of thioether (sulfide) groups is 1. The topological polar surface area (TPSA) is 32.7 Å². The van der Waals surface area contributed by atoms with Crippen LogP contribution in [0.25, 0.3) is 6.08 Å². The molecule has 1 aliphatic rings. The second-order valence-corrected chi connectivity index (χ2v) is 8.15. The zero-order chi connectivity index (χ0) is 17.1. The molecule has 0 N–H and O–H groups in total. The fraction of sp³-hybridized carbons (Fsp3) is 0.222. The molecule has 2 aromatic rings. The van der Waals surface area contributed by atoms with E-state index in [4.69, 9.17) is 11.6 Å². The largest absolute Gasteiger partial charge is 0.286 e. The Morgan fingerprint density at radius 2 is 1.96 bits per heavy atom. The van der Waals surface area contributed by atoms with Gasteiger partial charge >= 0.3 is 0 Å². The van der Waals surface area contributed by atoms with Gasteiger partial charge in [0, 0.05) is 21.3 Å². The van der Waals surface area contributed by atoms with E-state index in [1.807, 2.05) is 24.3 Å². The van der Waals surface area contributed by atoms with Gasteiger partial charge in [-0.2, -0.15) is 0 Å². The van der Waals surface area contributed by atoms with Crippen LogP contribution in [-0.4, -0.2) is 22.5 Å². The standard InChI is InChI=1S/C18H17ClN2OS2/c1-3-10-21-17(22)16(11-15-9-4-12(2)23-15)24-18(21)20-14-7-5-13(19)6-8-14/h4-9,11H,3,10H2,1-2H3/b16-11-,20-18?. The molecule has 2 heterocycles. The van der Waals surface area contributed by atoms with Gasteiger partial charge in [0.25, 0.3) is 5.91 Å². The minimum atomic E-state index is 0.0283. The van der Waals surface area contributed by atoms with Gasteiger partial charge in [0.05, 0.1) is 10.6 Å². The Hall–Kier alpha value is -1.56. The van der Waals surface area contributed by atoms with Crippen molar-refractivity contribution in [1.29, 1.82) is 0 Å². The molecular weight excluding hydrogens is 360 g/mol. The van der Waals surface area contributed by atoms with Gasteiger partial charge in [-0.05, 0) is 67.6 Å². The zero-order valence-electron chi connectivity index (χ0n) is 13.5. The lowest BCUT2D eigenvalue weighted by molar-refractivity contribution is -0.122. The molecular formula is C18H17ClN2OS2. The Labute approximate surface area is 155 Å². The molecule has 0 unspecified atom stereocenters. The highest BCUT2D eigenvalue weighted by Crippen LogP contribution is 2.35. The third-order valence-corrected chi connectivity index (χ3v) is 5.63.